The van der Waals surface area contributed by atoms with Crippen LogP contribution in [-0.4, -0.2) is 37.5 Å². The number of aldehydes is 1. The number of allylic oxidation sites excluding steroid dienone is 3. The first-order valence-electron chi connectivity index (χ1n) is 13.4. The van der Waals surface area contributed by atoms with Gasteiger partial charge in [-0.05, 0) is 48.3 Å². The van der Waals surface area contributed by atoms with Crippen molar-refractivity contribution >= 4 is 39.5 Å². The number of quaternary nitrogens is 1. The SMILES string of the molecule is C=C[C@@]1(C)CCC=C(C[C@H](C)OC(=O)c2cc3c(c4c2c([NH+]([O-])O)cc2c(OC)cccc24)OCO3)[C@@H]1C(=C)C=O. The maximum absolute atomic E-state index is 13.8. The van der Waals surface area contributed by atoms with Gasteiger partial charge in [0.05, 0.1) is 18.1 Å². The zero-order chi connectivity index (χ0) is 29.5. The van der Waals surface area contributed by atoms with Crippen molar-refractivity contribution in [2.24, 2.45) is 11.3 Å². The number of hydrogen-bond acceptors (Lipinski definition) is 8. The third-order valence-electron chi connectivity index (χ3n) is 8.17. The molecule has 0 saturated heterocycles. The van der Waals surface area contributed by atoms with Gasteiger partial charge in [0.1, 0.15) is 18.1 Å². The summed E-state index contributed by atoms with van der Waals surface area (Å²) in [6, 6.07) is 8.32. The topological polar surface area (TPSA) is 119 Å². The molecule has 1 aliphatic heterocycles. The van der Waals surface area contributed by atoms with Crippen molar-refractivity contribution in [1.29, 1.82) is 0 Å². The van der Waals surface area contributed by atoms with Crippen LogP contribution in [-0.2, 0) is 9.53 Å². The van der Waals surface area contributed by atoms with Crippen LogP contribution >= 0.6 is 0 Å². The van der Waals surface area contributed by atoms with Crippen molar-refractivity contribution in [2.45, 2.75) is 39.2 Å². The first-order chi connectivity index (χ1) is 19.6. The average molecular weight is 560 g/mol. The van der Waals surface area contributed by atoms with Gasteiger partial charge < -0.3 is 24.2 Å². The molecule has 0 radical (unpaired) electrons. The van der Waals surface area contributed by atoms with E-state index in [4.69, 9.17) is 18.9 Å². The van der Waals surface area contributed by atoms with Crippen LogP contribution in [0.25, 0.3) is 21.5 Å². The van der Waals surface area contributed by atoms with Gasteiger partial charge in [0, 0.05) is 29.2 Å². The molecule has 0 saturated carbocycles. The lowest BCUT2D eigenvalue weighted by molar-refractivity contribution is -0.990. The molecule has 214 valence electrons. The summed E-state index contributed by atoms with van der Waals surface area (Å²) in [4.78, 5) is 25.5. The third kappa shape index (κ3) is 4.86. The fourth-order valence-corrected chi connectivity index (χ4v) is 6.24. The van der Waals surface area contributed by atoms with Crippen LogP contribution in [0.4, 0.5) is 5.69 Å². The fraction of sp³-hybridized carbons (Fsp3) is 0.312. The van der Waals surface area contributed by atoms with Crippen molar-refractivity contribution in [3.8, 4) is 17.2 Å². The second kappa shape index (κ2) is 11.0. The van der Waals surface area contributed by atoms with E-state index in [1.54, 1.807) is 19.1 Å². The van der Waals surface area contributed by atoms with Gasteiger partial charge in [-0.2, -0.15) is 5.23 Å². The summed E-state index contributed by atoms with van der Waals surface area (Å²) in [5.41, 5.74) is 1.02. The Morgan fingerprint density at radius 2 is 2.07 bits per heavy atom. The van der Waals surface area contributed by atoms with Crippen molar-refractivity contribution in [1.82, 2.24) is 0 Å². The first kappa shape index (κ1) is 28.4. The van der Waals surface area contributed by atoms with Crippen LogP contribution in [0.15, 0.2) is 66.8 Å². The van der Waals surface area contributed by atoms with Crippen molar-refractivity contribution < 1.29 is 39.0 Å². The van der Waals surface area contributed by atoms with Crippen molar-refractivity contribution in [2.75, 3.05) is 13.9 Å². The predicted molar refractivity (Wildman–Crippen MR) is 154 cm³/mol. The summed E-state index contributed by atoms with van der Waals surface area (Å²) in [6.45, 7) is 11.7. The summed E-state index contributed by atoms with van der Waals surface area (Å²) in [6.07, 6.45) is 6.12. The molecular formula is C32H33NO8. The molecule has 9 heteroatoms. The molecule has 0 spiro atoms. The molecule has 3 aromatic rings. The van der Waals surface area contributed by atoms with Gasteiger partial charge in [-0.1, -0.05) is 43.4 Å². The maximum Gasteiger partial charge on any atom is 0.339 e. The minimum absolute atomic E-state index is 0.0561. The first-order valence-corrected chi connectivity index (χ1v) is 13.4. The standard InChI is InChI=1S/C32H33NO8/c1-6-32(4)12-8-9-20(29(32)18(2)16-34)13-19(3)41-31(35)23-15-26-30(40-17-39-26)28-21-10-7-11-25(38-5)22(21)14-24(27(23)28)33(36)37/h6-7,9-11,14-16,19,29,33,36H,1-2,8,12-13,17H2,3-5H3/t19-,29-,32-/m0/s1. The summed E-state index contributed by atoms with van der Waals surface area (Å²) >= 11 is 0. The molecule has 2 N–H and O–H groups in total. The Balaban J connectivity index is 1.57. The average Bonchev–Trinajstić information content (AvgIpc) is 3.44. The number of methoxy groups -OCH3 is 1. The lowest BCUT2D eigenvalue weighted by Crippen LogP contribution is -2.99. The molecule has 4 atom stereocenters. The van der Waals surface area contributed by atoms with Gasteiger partial charge in [0.2, 0.25) is 6.79 Å². The molecule has 9 nitrogen and oxygen atoms in total. The van der Waals surface area contributed by atoms with E-state index >= 15 is 0 Å². The molecule has 0 bridgehead atoms. The lowest BCUT2D eigenvalue weighted by atomic mass is 9.64. The van der Waals surface area contributed by atoms with Crippen LogP contribution in [0.3, 0.4) is 0 Å². The fourth-order valence-electron chi connectivity index (χ4n) is 6.24. The van der Waals surface area contributed by atoms with E-state index in [2.05, 4.69) is 26.2 Å². The van der Waals surface area contributed by atoms with Crippen LogP contribution in [0, 0.1) is 16.5 Å². The normalized spacial score (nSPS) is 21.2. The van der Waals surface area contributed by atoms with Crippen LogP contribution in [0.1, 0.15) is 43.5 Å². The summed E-state index contributed by atoms with van der Waals surface area (Å²) < 4.78 is 22.8. The largest absolute Gasteiger partial charge is 0.595 e. The number of carbonyl (C=O) groups excluding carboxylic acids is 2. The molecule has 5 rings (SSSR count). The molecule has 1 unspecified atom stereocenters. The van der Waals surface area contributed by atoms with Crippen molar-refractivity contribution in [3.63, 3.8) is 0 Å². The number of hydrogen-bond donors (Lipinski definition) is 2. The Labute approximate surface area is 237 Å². The highest BCUT2D eigenvalue weighted by Gasteiger charge is 2.38. The second-order valence-electron chi connectivity index (χ2n) is 10.8. The predicted octanol–water partition coefficient (Wildman–Crippen LogP) is 5.35. The van der Waals surface area contributed by atoms with Gasteiger partial charge in [0.15, 0.2) is 17.2 Å². The minimum Gasteiger partial charge on any atom is -0.595 e. The van der Waals surface area contributed by atoms with Crippen LogP contribution in [0.2, 0.25) is 0 Å². The minimum atomic E-state index is -1.21. The number of fused-ring (bicyclic) bond motifs is 5. The Hall–Kier alpha value is -4.18. The Morgan fingerprint density at radius 1 is 1.29 bits per heavy atom. The van der Waals surface area contributed by atoms with E-state index in [-0.39, 0.29) is 34.8 Å². The molecule has 0 amide bonds. The van der Waals surface area contributed by atoms with E-state index in [1.165, 1.54) is 19.2 Å². The van der Waals surface area contributed by atoms with Gasteiger partial charge in [-0.3, -0.25) is 4.79 Å². The van der Waals surface area contributed by atoms with Gasteiger partial charge in [-0.15, -0.1) is 6.58 Å². The zero-order valence-corrected chi connectivity index (χ0v) is 23.3. The molecule has 2 aliphatic rings. The quantitative estimate of drug-likeness (QED) is 0.0899. The van der Waals surface area contributed by atoms with Gasteiger partial charge in [0.25, 0.3) is 0 Å². The molecule has 1 aliphatic carbocycles. The number of benzene rings is 3. The Bertz CT molecular complexity index is 1610. The van der Waals surface area contributed by atoms with Gasteiger partial charge in [-0.25, -0.2) is 10.0 Å². The molecule has 1 heterocycles. The Morgan fingerprint density at radius 3 is 2.76 bits per heavy atom. The molecule has 0 fully saturated rings. The van der Waals surface area contributed by atoms with E-state index in [1.807, 2.05) is 12.1 Å². The van der Waals surface area contributed by atoms with Crippen molar-refractivity contribution in [3.05, 3.63) is 77.6 Å². The molecule has 0 aromatic heterocycles. The third-order valence-corrected chi connectivity index (χ3v) is 8.17. The second-order valence-corrected chi connectivity index (χ2v) is 10.8. The monoisotopic (exact) mass is 559 g/mol. The maximum atomic E-state index is 13.8. The number of carbonyl (C=O) groups is 2. The van der Waals surface area contributed by atoms with E-state index in [0.29, 0.717) is 45.4 Å². The number of nitrogens with one attached hydrogen (secondary N) is 1. The highest BCUT2D eigenvalue weighted by atomic mass is 16.8. The van der Waals surface area contributed by atoms with E-state index in [0.717, 1.165) is 24.7 Å². The number of rotatable bonds is 9. The summed E-state index contributed by atoms with van der Waals surface area (Å²) in [7, 11) is 1.51. The van der Waals surface area contributed by atoms with E-state index < -0.39 is 17.3 Å². The van der Waals surface area contributed by atoms with Crippen LogP contribution < -0.4 is 19.4 Å². The highest BCUT2D eigenvalue weighted by Crippen LogP contribution is 2.49. The number of esters is 1. The van der Waals surface area contributed by atoms with E-state index in [9.17, 15) is 20.0 Å². The van der Waals surface area contributed by atoms with Gasteiger partial charge >= 0.3 is 5.97 Å². The number of ether oxygens (including phenoxy) is 4. The lowest BCUT2D eigenvalue weighted by Gasteiger charge is -2.40. The molecular weight excluding hydrogens is 526 g/mol. The highest BCUT2D eigenvalue weighted by molar-refractivity contribution is 6.22. The molecule has 41 heavy (non-hydrogen) atoms. The Kier molecular flexibility index (Phi) is 7.61. The smallest absolute Gasteiger partial charge is 0.339 e. The summed E-state index contributed by atoms with van der Waals surface area (Å²) in [5, 5.41) is 23.4. The zero-order valence-electron chi connectivity index (χ0n) is 23.3. The summed E-state index contributed by atoms with van der Waals surface area (Å²) in [5.74, 6) is 0.220. The van der Waals surface area contributed by atoms with Crippen LogP contribution in [0.5, 0.6) is 17.2 Å². The molecule has 3 aromatic carbocycles.